The van der Waals surface area contributed by atoms with Crippen LogP contribution in [0.25, 0.3) is 0 Å². The molecular formula is C12H26N4O2S. The van der Waals surface area contributed by atoms with Crippen molar-refractivity contribution in [1.82, 2.24) is 15.5 Å². The molecule has 0 aromatic rings. The van der Waals surface area contributed by atoms with Gasteiger partial charge in [0.15, 0.2) is 15.8 Å². The zero-order chi connectivity index (χ0) is 14.1. The zero-order valence-electron chi connectivity index (χ0n) is 12.0. The van der Waals surface area contributed by atoms with Crippen LogP contribution in [0.5, 0.6) is 0 Å². The minimum Gasteiger partial charge on any atom is -0.357 e. The Balaban J connectivity index is 2.25. The highest BCUT2D eigenvalue weighted by Crippen LogP contribution is 2.02. The number of hydrogen-bond acceptors (Lipinski definition) is 4. The van der Waals surface area contributed by atoms with Crippen LogP contribution in [0.3, 0.4) is 0 Å². The van der Waals surface area contributed by atoms with E-state index < -0.39 is 9.84 Å². The summed E-state index contributed by atoms with van der Waals surface area (Å²) in [5.41, 5.74) is 0. The molecule has 0 saturated carbocycles. The SMILES string of the molecule is CCCN=C(NCC)NCCN1CCS(=O)(=O)CC1. The van der Waals surface area contributed by atoms with E-state index in [1.165, 1.54) is 0 Å². The molecule has 112 valence electrons. The van der Waals surface area contributed by atoms with E-state index in [9.17, 15) is 8.42 Å². The summed E-state index contributed by atoms with van der Waals surface area (Å²) in [6.45, 7) is 8.73. The van der Waals surface area contributed by atoms with Gasteiger partial charge in [-0.3, -0.25) is 9.89 Å². The van der Waals surface area contributed by atoms with Gasteiger partial charge in [-0.05, 0) is 13.3 Å². The summed E-state index contributed by atoms with van der Waals surface area (Å²) >= 11 is 0. The van der Waals surface area contributed by atoms with Crippen LogP contribution in [-0.4, -0.2) is 70.1 Å². The number of nitrogens with zero attached hydrogens (tertiary/aromatic N) is 2. The molecule has 6 nitrogen and oxygen atoms in total. The van der Waals surface area contributed by atoms with E-state index in [0.29, 0.717) is 13.1 Å². The maximum atomic E-state index is 11.3. The van der Waals surface area contributed by atoms with Gasteiger partial charge in [0.2, 0.25) is 0 Å². The fraction of sp³-hybridized carbons (Fsp3) is 0.917. The van der Waals surface area contributed by atoms with Crippen molar-refractivity contribution in [3.8, 4) is 0 Å². The lowest BCUT2D eigenvalue weighted by atomic mass is 10.4. The highest BCUT2D eigenvalue weighted by molar-refractivity contribution is 7.91. The van der Waals surface area contributed by atoms with Crippen LogP contribution in [0, 0.1) is 0 Å². The van der Waals surface area contributed by atoms with Crippen molar-refractivity contribution < 1.29 is 8.42 Å². The first kappa shape index (κ1) is 16.2. The second-order valence-corrected chi connectivity index (χ2v) is 6.98. The molecule has 1 saturated heterocycles. The average molecular weight is 290 g/mol. The second kappa shape index (κ2) is 8.37. The first-order valence-corrected chi connectivity index (χ1v) is 8.84. The maximum absolute atomic E-state index is 11.3. The van der Waals surface area contributed by atoms with Gasteiger partial charge in [-0.25, -0.2) is 8.42 Å². The number of sulfone groups is 1. The maximum Gasteiger partial charge on any atom is 0.191 e. The summed E-state index contributed by atoms with van der Waals surface area (Å²) in [5.74, 6) is 1.42. The van der Waals surface area contributed by atoms with E-state index in [2.05, 4.69) is 27.4 Å². The summed E-state index contributed by atoms with van der Waals surface area (Å²) < 4.78 is 22.6. The van der Waals surface area contributed by atoms with Gasteiger partial charge in [-0.2, -0.15) is 0 Å². The molecular weight excluding hydrogens is 264 g/mol. The molecule has 0 spiro atoms. The van der Waals surface area contributed by atoms with Crippen molar-refractivity contribution in [2.75, 3.05) is 50.8 Å². The van der Waals surface area contributed by atoms with E-state index in [1.807, 2.05) is 6.92 Å². The average Bonchev–Trinajstić information content (AvgIpc) is 2.38. The van der Waals surface area contributed by atoms with Gasteiger partial charge in [-0.1, -0.05) is 6.92 Å². The predicted octanol–water partition coefficient (Wildman–Crippen LogP) is -0.318. The number of aliphatic imine (C=N–C) groups is 1. The van der Waals surface area contributed by atoms with Crippen LogP contribution in [-0.2, 0) is 9.84 Å². The van der Waals surface area contributed by atoms with E-state index in [0.717, 1.165) is 38.6 Å². The van der Waals surface area contributed by atoms with E-state index in [1.54, 1.807) is 0 Å². The smallest absolute Gasteiger partial charge is 0.191 e. The van der Waals surface area contributed by atoms with E-state index >= 15 is 0 Å². The first-order chi connectivity index (χ1) is 9.07. The number of rotatable bonds is 6. The number of hydrogen-bond donors (Lipinski definition) is 2. The summed E-state index contributed by atoms with van der Waals surface area (Å²) in [6, 6.07) is 0. The molecule has 0 atom stereocenters. The van der Waals surface area contributed by atoms with E-state index in [-0.39, 0.29) is 11.5 Å². The fourth-order valence-corrected chi connectivity index (χ4v) is 3.15. The molecule has 2 N–H and O–H groups in total. The van der Waals surface area contributed by atoms with Gasteiger partial charge >= 0.3 is 0 Å². The van der Waals surface area contributed by atoms with Crippen LogP contribution in [0.2, 0.25) is 0 Å². The second-order valence-electron chi connectivity index (χ2n) is 4.68. The molecule has 0 aromatic carbocycles. The standard InChI is InChI=1S/C12H26N4O2S/c1-3-5-14-12(13-4-2)15-6-7-16-8-10-19(17,18)11-9-16/h3-11H2,1-2H3,(H2,13,14,15). The molecule has 1 fully saturated rings. The van der Waals surface area contributed by atoms with Crippen LogP contribution in [0.4, 0.5) is 0 Å². The van der Waals surface area contributed by atoms with Gasteiger partial charge in [0, 0.05) is 39.3 Å². The van der Waals surface area contributed by atoms with Crippen molar-refractivity contribution in [1.29, 1.82) is 0 Å². The third kappa shape index (κ3) is 6.77. The summed E-state index contributed by atoms with van der Waals surface area (Å²) in [6.07, 6.45) is 1.03. The normalized spacial score (nSPS) is 20.2. The zero-order valence-corrected chi connectivity index (χ0v) is 12.8. The lowest BCUT2D eigenvalue weighted by molar-refractivity contribution is 0.299. The van der Waals surface area contributed by atoms with Gasteiger partial charge in [0.1, 0.15) is 0 Å². The lowest BCUT2D eigenvalue weighted by Gasteiger charge is -2.26. The molecule has 1 heterocycles. The van der Waals surface area contributed by atoms with Crippen LogP contribution in [0.1, 0.15) is 20.3 Å². The highest BCUT2D eigenvalue weighted by atomic mass is 32.2. The third-order valence-corrected chi connectivity index (χ3v) is 4.60. The minimum absolute atomic E-state index is 0.289. The Morgan fingerprint density at radius 1 is 1.21 bits per heavy atom. The number of nitrogens with one attached hydrogen (secondary N) is 2. The Morgan fingerprint density at radius 2 is 1.89 bits per heavy atom. The highest BCUT2D eigenvalue weighted by Gasteiger charge is 2.20. The summed E-state index contributed by atoms with van der Waals surface area (Å²) in [4.78, 5) is 6.60. The minimum atomic E-state index is -2.78. The predicted molar refractivity (Wildman–Crippen MR) is 79.4 cm³/mol. The van der Waals surface area contributed by atoms with Crippen molar-refractivity contribution in [2.45, 2.75) is 20.3 Å². The molecule has 0 unspecified atom stereocenters. The quantitative estimate of drug-likeness (QED) is 0.518. The molecule has 1 rings (SSSR count). The molecule has 7 heteroatoms. The molecule has 0 aliphatic carbocycles. The Hall–Kier alpha value is -0.820. The fourth-order valence-electron chi connectivity index (χ4n) is 1.87. The Kier molecular flexibility index (Phi) is 7.15. The van der Waals surface area contributed by atoms with Crippen molar-refractivity contribution in [3.05, 3.63) is 0 Å². The largest absolute Gasteiger partial charge is 0.357 e. The summed E-state index contributed by atoms with van der Waals surface area (Å²) in [5, 5.41) is 6.46. The Labute approximate surface area is 116 Å². The molecule has 0 aromatic heterocycles. The topological polar surface area (TPSA) is 73.8 Å². The Morgan fingerprint density at radius 3 is 2.47 bits per heavy atom. The Bertz CT molecular complexity index is 367. The third-order valence-electron chi connectivity index (χ3n) is 3.00. The lowest BCUT2D eigenvalue weighted by Crippen LogP contribution is -2.46. The molecule has 0 bridgehead atoms. The summed E-state index contributed by atoms with van der Waals surface area (Å²) in [7, 11) is -2.78. The molecule has 1 aliphatic rings. The van der Waals surface area contributed by atoms with Gasteiger partial charge < -0.3 is 10.6 Å². The van der Waals surface area contributed by atoms with Gasteiger partial charge in [0.05, 0.1) is 11.5 Å². The van der Waals surface area contributed by atoms with Crippen molar-refractivity contribution in [2.24, 2.45) is 4.99 Å². The molecule has 0 amide bonds. The van der Waals surface area contributed by atoms with Crippen LogP contribution >= 0.6 is 0 Å². The van der Waals surface area contributed by atoms with Gasteiger partial charge in [0.25, 0.3) is 0 Å². The van der Waals surface area contributed by atoms with E-state index in [4.69, 9.17) is 0 Å². The van der Waals surface area contributed by atoms with Crippen molar-refractivity contribution in [3.63, 3.8) is 0 Å². The van der Waals surface area contributed by atoms with Crippen molar-refractivity contribution >= 4 is 15.8 Å². The molecule has 19 heavy (non-hydrogen) atoms. The van der Waals surface area contributed by atoms with Gasteiger partial charge in [-0.15, -0.1) is 0 Å². The monoisotopic (exact) mass is 290 g/mol. The molecule has 0 radical (unpaired) electrons. The number of guanidine groups is 1. The molecule has 1 aliphatic heterocycles. The first-order valence-electron chi connectivity index (χ1n) is 7.02. The van der Waals surface area contributed by atoms with Crippen LogP contribution in [0.15, 0.2) is 4.99 Å². The van der Waals surface area contributed by atoms with Crippen LogP contribution < -0.4 is 10.6 Å².